The second-order valence-corrected chi connectivity index (χ2v) is 4.77. The molecule has 3 aliphatic rings. The first kappa shape index (κ1) is 8.25. The monoisotopic (exact) mass is 182 g/mol. The molecule has 0 aromatic rings. The molecule has 2 heterocycles. The number of hydrogen-bond acceptors (Lipinski definition) is 2. The molecular formula is C11H18O2. The fraction of sp³-hybridized carbons (Fsp3) is 1.00. The van der Waals surface area contributed by atoms with E-state index in [1.54, 1.807) is 0 Å². The van der Waals surface area contributed by atoms with Gasteiger partial charge in [-0.3, -0.25) is 0 Å². The minimum atomic E-state index is 0.167. The Kier molecular flexibility index (Phi) is 1.88. The molecule has 2 nitrogen and oxygen atoms in total. The number of hydrogen-bond donors (Lipinski definition) is 0. The van der Waals surface area contributed by atoms with Crippen molar-refractivity contribution in [2.75, 3.05) is 13.2 Å². The largest absolute Gasteiger partial charge is 0.352 e. The van der Waals surface area contributed by atoms with E-state index in [1.807, 2.05) is 0 Å². The fourth-order valence-electron chi connectivity index (χ4n) is 3.69. The lowest BCUT2D eigenvalue weighted by Crippen LogP contribution is -2.34. The van der Waals surface area contributed by atoms with Crippen LogP contribution in [0.15, 0.2) is 0 Å². The summed E-state index contributed by atoms with van der Waals surface area (Å²) in [5.41, 5.74) is 0. The Balaban J connectivity index is 1.85. The molecule has 0 N–H and O–H groups in total. The molecule has 0 radical (unpaired) electrons. The molecule has 13 heavy (non-hydrogen) atoms. The average molecular weight is 182 g/mol. The summed E-state index contributed by atoms with van der Waals surface area (Å²) in [6, 6.07) is 0. The van der Waals surface area contributed by atoms with Crippen molar-refractivity contribution in [3.63, 3.8) is 0 Å². The highest BCUT2D eigenvalue weighted by Gasteiger charge is 2.52. The molecule has 2 heteroatoms. The van der Waals surface area contributed by atoms with E-state index < -0.39 is 0 Å². The van der Waals surface area contributed by atoms with Crippen LogP contribution in [0.4, 0.5) is 0 Å². The Morgan fingerprint density at radius 3 is 3.08 bits per heavy atom. The average Bonchev–Trinajstić information content (AvgIpc) is 2.72. The van der Waals surface area contributed by atoms with Gasteiger partial charge in [-0.2, -0.15) is 0 Å². The first-order valence-corrected chi connectivity index (χ1v) is 5.63. The third-order valence-electron chi connectivity index (χ3n) is 4.30. The van der Waals surface area contributed by atoms with Crippen LogP contribution in [-0.4, -0.2) is 19.5 Å². The first-order valence-electron chi connectivity index (χ1n) is 5.63. The van der Waals surface area contributed by atoms with Crippen molar-refractivity contribution in [1.82, 2.24) is 0 Å². The van der Waals surface area contributed by atoms with Gasteiger partial charge in [-0.25, -0.2) is 0 Å². The predicted molar refractivity (Wildman–Crippen MR) is 49.2 cm³/mol. The van der Waals surface area contributed by atoms with Crippen molar-refractivity contribution < 1.29 is 9.47 Å². The van der Waals surface area contributed by atoms with Crippen LogP contribution in [0.3, 0.4) is 0 Å². The SMILES string of the molecule is CC[C@H]1C[C@H]2CO[C@H]3OCC[C@@H]1[C@@H]23. The summed E-state index contributed by atoms with van der Waals surface area (Å²) in [6.45, 7) is 4.22. The summed E-state index contributed by atoms with van der Waals surface area (Å²) in [4.78, 5) is 0. The number of ether oxygens (including phenoxy) is 2. The Labute approximate surface area is 79.6 Å². The Bertz CT molecular complexity index is 202. The van der Waals surface area contributed by atoms with Gasteiger partial charge in [0.1, 0.15) is 0 Å². The smallest absolute Gasteiger partial charge is 0.160 e. The van der Waals surface area contributed by atoms with Gasteiger partial charge in [-0.15, -0.1) is 0 Å². The lowest BCUT2D eigenvalue weighted by Gasteiger charge is -2.32. The van der Waals surface area contributed by atoms with Gasteiger partial charge in [0.05, 0.1) is 13.2 Å². The fourth-order valence-corrected chi connectivity index (χ4v) is 3.69. The molecule has 5 atom stereocenters. The van der Waals surface area contributed by atoms with Crippen LogP contribution in [0.2, 0.25) is 0 Å². The molecule has 0 spiro atoms. The van der Waals surface area contributed by atoms with Gasteiger partial charge in [-0.1, -0.05) is 13.3 Å². The van der Waals surface area contributed by atoms with Gasteiger partial charge < -0.3 is 9.47 Å². The topological polar surface area (TPSA) is 18.5 Å². The summed E-state index contributed by atoms with van der Waals surface area (Å²) in [7, 11) is 0. The summed E-state index contributed by atoms with van der Waals surface area (Å²) in [5, 5.41) is 0. The summed E-state index contributed by atoms with van der Waals surface area (Å²) >= 11 is 0. The molecule has 1 saturated carbocycles. The molecular weight excluding hydrogens is 164 g/mol. The van der Waals surface area contributed by atoms with Crippen molar-refractivity contribution in [1.29, 1.82) is 0 Å². The van der Waals surface area contributed by atoms with E-state index in [9.17, 15) is 0 Å². The maximum absolute atomic E-state index is 5.66. The molecule has 0 aromatic carbocycles. The Hall–Kier alpha value is -0.0800. The molecule has 0 amide bonds. The van der Waals surface area contributed by atoms with E-state index >= 15 is 0 Å². The molecule has 2 aliphatic heterocycles. The van der Waals surface area contributed by atoms with E-state index in [4.69, 9.17) is 9.47 Å². The van der Waals surface area contributed by atoms with Crippen LogP contribution in [-0.2, 0) is 9.47 Å². The van der Waals surface area contributed by atoms with Crippen LogP contribution < -0.4 is 0 Å². The van der Waals surface area contributed by atoms with E-state index in [0.29, 0.717) is 0 Å². The highest BCUT2D eigenvalue weighted by Crippen LogP contribution is 2.52. The van der Waals surface area contributed by atoms with E-state index in [1.165, 1.54) is 19.3 Å². The van der Waals surface area contributed by atoms with E-state index in [2.05, 4.69) is 6.92 Å². The molecule has 0 unspecified atom stereocenters. The van der Waals surface area contributed by atoms with Crippen LogP contribution >= 0.6 is 0 Å². The van der Waals surface area contributed by atoms with Crippen LogP contribution in [0.1, 0.15) is 26.2 Å². The van der Waals surface area contributed by atoms with Crippen molar-refractivity contribution in [3.8, 4) is 0 Å². The maximum Gasteiger partial charge on any atom is 0.160 e. The molecule has 0 aromatic heterocycles. The third kappa shape index (κ3) is 1.08. The van der Waals surface area contributed by atoms with E-state index in [0.717, 1.165) is 36.9 Å². The van der Waals surface area contributed by atoms with Gasteiger partial charge in [0.2, 0.25) is 0 Å². The zero-order valence-electron chi connectivity index (χ0n) is 8.24. The molecule has 2 saturated heterocycles. The zero-order chi connectivity index (χ0) is 8.84. The quantitative estimate of drug-likeness (QED) is 0.618. The van der Waals surface area contributed by atoms with Crippen LogP contribution in [0, 0.1) is 23.7 Å². The van der Waals surface area contributed by atoms with Crippen LogP contribution in [0.25, 0.3) is 0 Å². The normalized spacial score (nSPS) is 53.8. The molecule has 3 fully saturated rings. The summed E-state index contributed by atoms with van der Waals surface area (Å²) in [6.07, 6.45) is 4.19. The summed E-state index contributed by atoms with van der Waals surface area (Å²) in [5.74, 6) is 3.44. The molecule has 3 rings (SSSR count). The van der Waals surface area contributed by atoms with Crippen molar-refractivity contribution >= 4 is 0 Å². The lowest BCUT2D eigenvalue weighted by atomic mass is 9.83. The Morgan fingerprint density at radius 2 is 2.23 bits per heavy atom. The molecule has 74 valence electrons. The molecule has 0 bridgehead atoms. The predicted octanol–water partition coefficient (Wildman–Crippen LogP) is 2.04. The van der Waals surface area contributed by atoms with Gasteiger partial charge in [0.15, 0.2) is 6.29 Å². The highest BCUT2D eigenvalue weighted by molar-refractivity contribution is 4.96. The first-order chi connectivity index (χ1) is 6.40. The van der Waals surface area contributed by atoms with Crippen LogP contribution in [0.5, 0.6) is 0 Å². The van der Waals surface area contributed by atoms with E-state index in [-0.39, 0.29) is 6.29 Å². The third-order valence-corrected chi connectivity index (χ3v) is 4.30. The highest BCUT2D eigenvalue weighted by atomic mass is 16.7. The maximum atomic E-state index is 5.66. The number of rotatable bonds is 1. The van der Waals surface area contributed by atoms with Gasteiger partial charge >= 0.3 is 0 Å². The minimum absolute atomic E-state index is 0.167. The second kappa shape index (κ2) is 2.96. The van der Waals surface area contributed by atoms with Gasteiger partial charge in [-0.05, 0) is 30.6 Å². The van der Waals surface area contributed by atoms with Gasteiger partial charge in [0, 0.05) is 5.92 Å². The van der Waals surface area contributed by atoms with Gasteiger partial charge in [0.25, 0.3) is 0 Å². The van der Waals surface area contributed by atoms with Crippen molar-refractivity contribution in [2.24, 2.45) is 23.7 Å². The van der Waals surface area contributed by atoms with Crippen molar-refractivity contribution in [2.45, 2.75) is 32.5 Å². The second-order valence-electron chi connectivity index (χ2n) is 4.77. The lowest BCUT2D eigenvalue weighted by molar-refractivity contribution is -0.169. The zero-order valence-corrected chi connectivity index (χ0v) is 8.24. The molecule has 1 aliphatic carbocycles. The standard InChI is InChI=1S/C11H18O2/c1-2-7-5-8-6-13-11-10(8)9(7)3-4-12-11/h7-11H,2-6H2,1H3/t7-,8-,9-,10+,11+/m0/s1. The summed E-state index contributed by atoms with van der Waals surface area (Å²) < 4.78 is 11.3. The minimum Gasteiger partial charge on any atom is -0.352 e. The Morgan fingerprint density at radius 1 is 1.31 bits per heavy atom. The van der Waals surface area contributed by atoms with Crippen molar-refractivity contribution in [3.05, 3.63) is 0 Å².